The Morgan fingerprint density at radius 2 is 2.22 bits per heavy atom. The molecule has 0 fully saturated rings. The summed E-state index contributed by atoms with van der Waals surface area (Å²) in [7, 11) is -3.66. The minimum atomic E-state index is -3.66. The number of aromatic nitrogens is 2. The van der Waals surface area contributed by atoms with Crippen molar-refractivity contribution < 1.29 is 8.42 Å². The van der Waals surface area contributed by atoms with Gasteiger partial charge in [0.2, 0.25) is 0 Å². The summed E-state index contributed by atoms with van der Waals surface area (Å²) in [5.74, 6) is 0. The lowest BCUT2D eigenvalue weighted by Crippen LogP contribution is -2.12. The summed E-state index contributed by atoms with van der Waals surface area (Å²) in [6.07, 6.45) is 1.33. The van der Waals surface area contributed by atoms with Gasteiger partial charge in [0.15, 0.2) is 0 Å². The molecule has 2 rings (SSSR count). The number of nitrogens with one attached hydrogen (secondary N) is 1. The van der Waals surface area contributed by atoms with E-state index < -0.39 is 10.0 Å². The average molecular weight is 280 g/mol. The van der Waals surface area contributed by atoms with Crippen LogP contribution >= 0.6 is 11.5 Å². The van der Waals surface area contributed by atoms with Crippen molar-refractivity contribution in [2.45, 2.75) is 11.8 Å². The molecule has 0 atom stereocenters. The van der Waals surface area contributed by atoms with E-state index in [4.69, 9.17) is 5.26 Å². The van der Waals surface area contributed by atoms with Crippen LogP contribution in [0.1, 0.15) is 11.1 Å². The van der Waals surface area contributed by atoms with E-state index in [1.807, 2.05) is 6.07 Å². The van der Waals surface area contributed by atoms with Gasteiger partial charge in [-0.15, -0.1) is 5.10 Å². The zero-order valence-electron chi connectivity index (χ0n) is 9.28. The third kappa shape index (κ3) is 2.47. The summed E-state index contributed by atoms with van der Waals surface area (Å²) in [5, 5.41) is 12.7. The zero-order chi connectivity index (χ0) is 13.2. The van der Waals surface area contributed by atoms with Crippen molar-refractivity contribution in [3.05, 3.63) is 35.5 Å². The quantitative estimate of drug-likeness (QED) is 0.919. The summed E-state index contributed by atoms with van der Waals surface area (Å²) in [4.78, 5) is 0.104. The Kier molecular flexibility index (Phi) is 3.27. The molecule has 0 saturated carbocycles. The molecule has 0 unspecified atom stereocenters. The lowest BCUT2D eigenvalue weighted by atomic mass is 10.1. The van der Waals surface area contributed by atoms with Gasteiger partial charge in [0.25, 0.3) is 10.0 Å². The largest absolute Gasteiger partial charge is 0.268 e. The standard InChI is InChI=1S/C10H8N4O2S2/c1-7-4-9(3-2-8(7)5-11)18(15,16)13-10-6-12-14-17-10/h2-4,6,13H,1H3. The van der Waals surface area contributed by atoms with Crippen LogP contribution in [0.3, 0.4) is 0 Å². The highest BCUT2D eigenvalue weighted by Gasteiger charge is 2.16. The fourth-order valence-corrected chi connectivity index (χ4v) is 3.10. The van der Waals surface area contributed by atoms with E-state index in [0.29, 0.717) is 16.1 Å². The van der Waals surface area contributed by atoms with Crippen molar-refractivity contribution in [2.75, 3.05) is 4.72 Å². The second-order valence-corrected chi connectivity index (χ2v) is 5.94. The molecule has 2 aromatic rings. The highest BCUT2D eigenvalue weighted by molar-refractivity contribution is 7.93. The zero-order valence-corrected chi connectivity index (χ0v) is 10.9. The molecule has 8 heteroatoms. The number of aryl methyl sites for hydroxylation is 1. The number of nitrogens with zero attached hydrogens (tertiary/aromatic N) is 3. The van der Waals surface area contributed by atoms with Crippen LogP contribution in [0.4, 0.5) is 5.00 Å². The summed E-state index contributed by atoms with van der Waals surface area (Å²) in [6.45, 7) is 1.69. The molecule has 1 heterocycles. The van der Waals surface area contributed by atoms with E-state index in [9.17, 15) is 8.42 Å². The number of hydrogen-bond acceptors (Lipinski definition) is 6. The first kappa shape index (κ1) is 12.5. The Morgan fingerprint density at radius 3 is 2.78 bits per heavy atom. The maximum absolute atomic E-state index is 12.0. The Morgan fingerprint density at radius 1 is 1.44 bits per heavy atom. The van der Waals surface area contributed by atoms with Crippen LogP contribution < -0.4 is 4.72 Å². The van der Waals surface area contributed by atoms with Gasteiger partial charge < -0.3 is 0 Å². The van der Waals surface area contributed by atoms with Crippen LogP contribution in [0.5, 0.6) is 0 Å². The van der Waals surface area contributed by atoms with E-state index in [-0.39, 0.29) is 4.90 Å². The van der Waals surface area contributed by atoms with Gasteiger partial charge in [0.1, 0.15) is 5.00 Å². The van der Waals surface area contributed by atoms with Gasteiger partial charge in [-0.05, 0) is 30.7 Å². The molecule has 1 aromatic heterocycles. The highest BCUT2D eigenvalue weighted by Crippen LogP contribution is 2.19. The van der Waals surface area contributed by atoms with E-state index in [0.717, 1.165) is 11.5 Å². The van der Waals surface area contributed by atoms with Crippen molar-refractivity contribution >= 4 is 26.6 Å². The first-order valence-electron chi connectivity index (χ1n) is 4.84. The van der Waals surface area contributed by atoms with Gasteiger partial charge in [-0.25, -0.2) is 8.42 Å². The summed E-state index contributed by atoms with van der Waals surface area (Å²) >= 11 is 0.953. The summed E-state index contributed by atoms with van der Waals surface area (Å²) in [5.41, 5.74) is 1.07. The second kappa shape index (κ2) is 4.72. The Hall–Kier alpha value is -1.98. The first-order valence-corrected chi connectivity index (χ1v) is 7.09. The molecular formula is C10H8N4O2S2. The maximum atomic E-state index is 12.0. The first-order chi connectivity index (χ1) is 8.53. The fraction of sp³-hybridized carbons (Fsp3) is 0.100. The number of sulfonamides is 1. The number of hydrogen-bond donors (Lipinski definition) is 1. The van der Waals surface area contributed by atoms with Crippen molar-refractivity contribution in [1.82, 2.24) is 9.59 Å². The number of rotatable bonds is 3. The SMILES string of the molecule is Cc1cc(S(=O)(=O)Nc2cnns2)ccc1C#N. The molecule has 0 bridgehead atoms. The van der Waals surface area contributed by atoms with Crippen LogP contribution in [0.15, 0.2) is 29.3 Å². The van der Waals surface area contributed by atoms with E-state index >= 15 is 0 Å². The molecule has 1 aromatic carbocycles. The lowest BCUT2D eigenvalue weighted by molar-refractivity contribution is 0.601. The van der Waals surface area contributed by atoms with Gasteiger partial charge >= 0.3 is 0 Å². The smallest absolute Gasteiger partial charge is 0.262 e. The molecule has 0 aliphatic carbocycles. The molecule has 0 spiro atoms. The maximum Gasteiger partial charge on any atom is 0.262 e. The molecule has 0 radical (unpaired) electrons. The molecule has 0 amide bonds. The van der Waals surface area contributed by atoms with Crippen LogP contribution in [0.2, 0.25) is 0 Å². The second-order valence-electron chi connectivity index (χ2n) is 3.48. The molecule has 0 aliphatic heterocycles. The summed E-state index contributed by atoms with van der Waals surface area (Å²) in [6, 6.07) is 6.31. The van der Waals surface area contributed by atoms with Gasteiger partial charge in [-0.1, -0.05) is 4.49 Å². The van der Waals surface area contributed by atoms with E-state index in [1.54, 1.807) is 6.92 Å². The van der Waals surface area contributed by atoms with Crippen molar-refractivity contribution in [3.8, 4) is 6.07 Å². The van der Waals surface area contributed by atoms with Crippen LogP contribution in [-0.4, -0.2) is 18.0 Å². The molecular weight excluding hydrogens is 272 g/mol. The van der Waals surface area contributed by atoms with Gasteiger partial charge in [0.05, 0.1) is 22.7 Å². The molecule has 92 valence electrons. The van der Waals surface area contributed by atoms with Crippen molar-refractivity contribution in [1.29, 1.82) is 5.26 Å². The molecule has 6 nitrogen and oxygen atoms in total. The topological polar surface area (TPSA) is 95.7 Å². The van der Waals surface area contributed by atoms with Crippen molar-refractivity contribution in [3.63, 3.8) is 0 Å². The van der Waals surface area contributed by atoms with Crippen LogP contribution in [-0.2, 0) is 10.0 Å². The highest BCUT2D eigenvalue weighted by atomic mass is 32.2. The van der Waals surface area contributed by atoms with E-state index in [2.05, 4.69) is 14.3 Å². The molecule has 1 N–H and O–H groups in total. The van der Waals surface area contributed by atoms with Gasteiger partial charge in [-0.2, -0.15) is 5.26 Å². The number of anilines is 1. The average Bonchev–Trinajstić information content (AvgIpc) is 2.81. The Labute approximate surface area is 108 Å². The fourth-order valence-electron chi connectivity index (χ4n) is 1.33. The number of nitriles is 1. The monoisotopic (exact) mass is 280 g/mol. The lowest BCUT2D eigenvalue weighted by Gasteiger charge is -2.06. The van der Waals surface area contributed by atoms with Gasteiger partial charge in [-0.3, -0.25) is 4.72 Å². The number of benzene rings is 1. The van der Waals surface area contributed by atoms with E-state index in [1.165, 1.54) is 24.4 Å². The molecule has 18 heavy (non-hydrogen) atoms. The van der Waals surface area contributed by atoms with Gasteiger partial charge in [0, 0.05) is 11.5 Å². The third-order valence-corrected chi connectivity index (χ3v) is 4.30. The predicted molar refractivity (Wildman–Crippen MR) is 66.6 cm³/mol. The summed E-state index contributed by atoms with van der Waals surface area (Å²) < 4.78 is 29.9. The molecule has 0 aliphatic rings. The predicted octanol–water partition coefficient (Wildman–Crippen LogP) is 1.52. The Bertz CT molecular complexity index is 702. The van der Waals surface area contributed by atoms with Crippen molar-refractivity contribution in [2.24, 2.45) is 0 Å². The minimum Gasteiger partial charge on any atom is -0.268 e. The molecule has 0 saturated heterocycles. The van der Waals surface area contributed by atoms with Crippen LogP contribution in [0, 0.1) is 18.3 Å². The Balaban J connectivity index is 2.36. The third-order valence-electron chi connectivity index (χ3n) is 2.22. The normalized spacial score (nSPS) is 10.9. The van der Waals surface area contributed by atoms with Crippen LogP contribution in [0.25, 0.3) is 0 Å². The minimum absolute atomic E-state index is 0.104.